The summed E-state index contributed by atoms with van der Waals surface area (Å²) in [6.07, 6.45) is 5.88. The Morgan fingerprint density at radius 1 is 0.917 bits per heavy atom. The van der Waals surface area contributed by atoms with Gasteiger partial charge in [0.2, 0.25) is 0 Å². The molecule has 0 amide bonds. The molecule has 3 aromatic carbocycles. The second kappa shape index (κ2) is 9.18. The summed E-state index contributed by atoms with van der Waals surface area (Å²) < 4.78 is 1.69. The molecule has 0 bridgehead atoms. The van der Waals surface area contributed by atoms with Gasteiger partial charge < -0.3 is 4.98 Å². The number of para-hydroxylation sites is 2. The van der Waals surface area contributed by atoms with Gasteiger partial charge in [0, 0.05) is 22.7 Å². The average molecular weight is 484 g/mol. The van der Waals surface area contributed by atoms with Crippen molar-refractivity contribution in [3.8, 4) is 17.5 Å². The maximum absolute atomic E-state index is 13.7. The zero-order valence-corrected chi connectivity index (χ0v) is 20.3. The Kier molecular flexibility index (Phi) is 5.57. The van der Waals surface area contributed by atoms with Gasteiger partial charge in [0.1, 0.15) is 5.82 Å². The number of hydrogen-bond donors (Lipinski definition) is 1. The van der Waals surface area contributed by atoms with Crippen LogP contribution in [0, 0.1) is 18.8 Å². The smallest absolute Gasteiger partial charge is 0.266 e. The largest absolute Gasteiger partial charge is 0.361 e. The summed E-state index contributed by atoms with van der Waals surface area (Å²) in [5.74, 6) is 7.00. The number of aromatic amines is 1. The first kappa shape index (κ1) is 21.8. The number of hydrogen-bond acceptors (Lipinski definition) is 3. The van der Waals surface area contributed by atoms with Gasteiger partial charge in [-0.2, -0.15) is 0 Å². The zero-order valence-electron chi connectivity index (χ0n) is 19.5. The molecule has 5 heteroatoms. The third-order valence-electron chi connectivity index (χ3n) is 6.12. The normalized spacial score (nSPS) is 11.2. The zero-order chi connectivity index (χ0) is 24.5. The molecular weight excluding hydrogens is 462 g/mol. The monoisotopic (exact) mass is 483 g/mol. The number of fused-ring (bicyclic) bond motifs is 2. The highest BCUT2D eigenvalue weighted by Gasteiger charge is 2.13. The van der Waals surface area contributed by atoms with Gasteiger partial charge in [0.05, 0.1) is 21.5 Å². The third-order valence-corrected chi connectivity index (χ3v) is 6.91. The van der Waals surface area contributed by atoms with Crippen molar-refractivity contribution < 1.29 is 0 Å². The predicted octanol–water partition coefficient (Wildman–Crippen LogP) is 6.81. The fourth-order valence-electron chi connectivity index (χ4n) is 4.36. The molecule has 0 aliphatic carbocycles. The van der Waals surface area contributed by atoms with E-state index in [2.05, 4.69) is 22.9 Å². The first-order chi connectivity index (χ1) is 17.7. The Morgan fingerprint density at radius 2 is 1.75 bits per heavy atom. The third kappa shape index (κ3) is 4.04. The Morgan fingerprint density at radius 3 is 2.58 bits per heavy atom. The van der Waals surface area contributed by atoms with Crippen LogP contribution in [-0.4, -0.2) is 14.5 Å². The van der Waals surface area contributed by atoms with E-state index in [-0.39, 0.29) is 5.56 Å². The van der Waals surface area contributed by atoms with E-state index >= 15 is 0 Å². The Balaban J connectivity index is 1.49. The molecule has 0 radical (unpaired) electrons. The van der Waals surface area contributed by atoms with E-state index in [1.54, 1.807) is 15.9 Å². The number of aromatic nitrogens is 3. The molecule has 0 aliphatic rings. The fraction of sp³-hybridized carbons (Fsp3) is 0.0323. The van der Waals surface area contributed by atoms with E-state index < -0.39 is 0 Å². The van der Waals surface area contributed by atoms with Crippen LogP contribution in [0.15, 0.2) is 95.2 Å². The summed E-state index contributed by atoms with van der Waals surface area (Å²) in [7, 11) is 0. The van der Waals surface area contributed by atoms with Gasteiger partial charge in [-0.1, -0.05) is 48.2 Å². The second-order valence-corrected chi connectivity index (χ2v) is 9.43. The van der Waals surface area contributed by atoms with Gasteiger partial charge in [0.25, 0.3) is 5.56 Å². The molecule has 0 unspecified atom stereocenters. The van der Waals surface area contributed by atoms with Gasteiger partial charge in [-0.05, 0) is 78.0 Å². The van der Waals surface area contributed by atoms with Gasteiger partial charge in [-0.3, -0.25) is 9.36 Å². The summed E-state index contributed by atoms with van der Waals surface area (Å²) in [6, 6.07) is 25.5. The number of benzene rings is 3. The van der Waals surface area contributed by atoms with Gasteiger partial charge >= 0.3 is 0 Å². The predicted molar refractivity (Wildman–Crippen MR) is 150 cm³/mol. The fourth-order valence-corrected chi connectivity index (χ4v) is 4.93. The van der Waals surface area contributed by atoms with Crippen LogP contribution in [0.5, 0.6) is 0 Å². The molecule has 6 rings (SSSR count). The van der Waals surface area contributed by atoms with Crippen molar-refractivity contribution in [1.29, 1.82) is 0 Å². The van der Waals surface area contributed by atoms with E-state index in [4.69, 9.17) is 4.98 Å². The average Bonchev–Trinajstić information content (AvgIpc) is 3.57. The summed E-state index contributed by atoms with van der Waals surface area (Å²) in [6.45, 7) is 2.00. The van der Waals surface area contributed by atoms with E-state index in [1.807, 2.05) is 103 Å². The number of H-pyrrole nitrogens is 1. The molecule has 0 saturated heterocycles. The SMILES string of the molecule is Cc1cc(C#Cc2cccs2)ccc1-n1c(/C=C/c2c[nH]c3ccccc23)nc2ccccc2c1=O. The molecule has 3 heterocycles. The van der Waals surface area contributed by atoms with E-state index in [0.717, 1.165) is 38.2 Å². The van der Waals surface area contributed by atoms with E-state index in [0.29, 0.717) is 16.7 Å². The highest BCUT2D eigenvalue weighted by atomic mass is 32.1. The van der Waals surface area contributed by atoms with Gasteiger partial charge in [0.15, 0.2) is 0 Å². The Labute approximate surface area is 212 Å². The number of aryl methyl sites for hydroxylation is 1. The van der Waals surface area contributed by atoms with Crippen LogP contribution in [0.1, 0.15) is 27.4 Å². The van der Waals surface area contributed by atoms with Crippen molar-refractivity contribution in [1.82, 2.24) is 14.5 Å². The van der Waals surface area contributed by atoms with Crippen molar-refractivity contribution >= 4 is 45.3 Å². The standard InChI is InChI=1S/C31H21N3OS/c1-21-19-22(12-15-24-7-6-18-36-24)13-16-29(21)34-30(33-28-11-5-3-9-26(28)31(34)35)17-14-23-20-32-27-10-4-2-8-25(23)27/h2-11,13-14,16-20,32H,1H3/b17-14+. The lowest BCUT2D eigenvalue weighted by Crippen LogP contribution is -2.23. The molecule has 0 spiro atoms. The van der Waals surface area contributed by atoms with Crippen molar-refractivity contribution in [3.05, 3.63) is 128 Å². The van der Waals surface area contributed by atoms with Crippen LogP contribution in [0.3, 0.4) is 0 Å². The minimum Gasteiger partial charge on any atom is -0.361 e. The van der Waals surface area contributed by atoms with Crippen LogP contribution in [-0.2, 0) is 0 Å². The van der Waals surface area contributed by atoms with Crippen LogP contribution in [0.25, 0.3) is 39.6 Å². The van der Waals surface area contributed by atoms with Crippen LogP contribution in [0.2, 0.25) is 0 Å². The molecule has 1 N–H and O–H groups in total. The van der Waals surface area contributed by atoms with Crippen molar-refractivity contribution in [3.63, 3.8) is 0 Å². The molecule has 36 heavy (non-hydrogen) atoms. The molecule has 4 nitrogen and oxygen atoms in total. The molecule has 0 saturated carbocycles. The molecule has 3 aromatic heterocycles. The van der Waals surface area contributed by atoms with E-state index in [9.17, 15) is 4.79 Å². The molecule has 0 atom stereocenters. The first-order valence-electron chi connectivity index (χ1n) is 11.6. The summed E-state index contributed by atoms with van der Waals surface area (Å²) in [5, 5.41) is 3.72. The van der Waals surface area contributed by atoms with Gasteiger partial charge in [-0.15, -0.1) is 11.3 Å². The van der Waals surface area contributed by atoms with Gasteiger partial charge in [-0.25, -0.2) is 4.98 Å². The van der Waals surface area contributed by atoms with Crippen LogP contribution >= 0.6 is 11.3 Å². The molecule has 0 fully saturated rings. The Hall–Kier alpha value is -4.66. The van der Waals surface area contributed by atoms with Crippen LogP contribution < -0.4 is 5.56 Å². The minimum absolute atomic E-state index is 0.0975. The Bertz CT molecular complexity index is 1880. The molecule has 172 valence electrons. The maximum Gasteiger partial charge on any atom is 0.266 e. The molecule has 6 aromatic rings. The minimum atomic E-state index is -0.0975. The first-order valence-corrected chi connectivity index (χ1v) is 12.5. The molecular formula is C31H21N3OS. The number of thiophene rings is 1. The summed E-state index contributed by atoms with van der Waals surface area (Å²) in [4.78, 5) is 22.9. The lowest BCUT2D eigenvalue weighted by atomic mass is 10.1. The lowest BCUT2D eigenvalue weighted by Gasteiger charge is -2.14. The highest BCUT2D eigenvalue weighted by molar-refractivity contribution is 7.10. The topological polar surface area (TPSA) is 50.7 Å². The maximum atomic E-state index is 13.7. The van der Waals surface area contributed by atoms with Crippen molar-refractivity contribution in [2.75, 3.05) is 0 Å². The molecule has 0 aliphatic heterocycles. The van der Waals surface area contributed by atoms with E-state index in [1.165, 1.54) is 0 Å². The number of rotatable bonds is 3. The van der Waals surface area contributed by atoms with Crippen molar-refractivity contribution in [2.45, 2.75) is 6.92 Å². The van der Waals surface area contributed by atoms with Crippen molar-refractivity contribution in [2.24, 2.45) is 0 Å². The quantitative estimate of drug-likeness (QED) is 0.281. The highest BCUT2D eigenvalue weighted by Crippen LogP contribution is 2.22. The number of nitrogens with zero attached hydrogens (tertiary/aromatic N) is 2. The summed E-state index contributed by atoms with van der Waals surface area (Å²) in [5.41, 5.74) is 5.33. The number of nitrogens with one attached hydrogen (secondary N) is 1. The van der Waals surface area contributed by atoms with Crippen LogP contribution in [0.4, 0.5) is 0 Å². The second-order valence-electron chi connectivity index (χ2n) is 8.48. The lowest BCUT2D eigenvalue weighted by molar-refractivity contribution is 0.934. The summed E-state index contributed by atoms with van der Waals surface area (Å²) >= 11 is 1.62.